The van der Waals surface area contributed by atoms with Crippen LogP contribution in [0.3, 0.4) is 0 Å². The predicted molar refractivity (Wildman–Crippen MR) is 74.5 cm³/mol. The van der Waals surface area contributed by atoms with E-state index < -0.39 is 0 Å². The Morgan fingerprint density at radius 1 is 1.59 bits per heavy atom. The summed E-state index contributed by atoms with van der Waals surface area (Å²) in [5, 5.41) is 5.67. The van der Waals surface area contributed by atoms with E-state index in [1.165, 1.54) is 37.0 Å². The minimum absolute atomic E-state index is 0.127. The van der Waals surface area contributed by atoms with E-state index in [4.69, 9.17) is 0 Å². The van der Waals surface area contributed by atoms with Crippen LogP contribution in [-0.4, -0.2) is 17.1 Å². The lowest BCUT2D eigenvalue weighted by molar-refractivity contribution is -0.117. The summed E-state index contributed by atoms with van der Waals surface area (Å²) in [6, 6.07) is 0. The first-order valence-electron chi connectivity index (χ1n) is 6.01. The summed E-state index contributed by atoms with van der Waals surface area (Å²) in [7, 11) is 0. The van der Waals surface area contributed by atoms with E-state index in [9.17, 15) is 4.79 Å². The molecule has 0 aromatic carbocycles. The van der Waals surface area contributed by atoms with E-state index >= 15 is 0 Å². The Morgan fingerprint density at radius 2 is 2.35 bits per heavy atom. The van der Waals surface area contributed by atoms with Gasteiger partial charge in [0.05, 0.1) is 5.69 Å². The molecule has 1 heterocycles. The molecule has 0 atom stereocenters. The van der Waals surface area contributed by atoms with Crippen molar-refractivity contribution in [1.82, 2.24) is 4.98 Å². The molecule has 1 aliphatic rings. The molecule has 1 aromatic heterocycles. The first-order chi connectivity index (χ1) is 8.28. The van der Waals surface area contributed by atoms with E-state index in [-0.39, 0.29) is 5.91 Å². The number of rotatable bonds is 5. The first-order valence-corrected chi connectivity index (χ1v) is 8.28. The second kappa shape index (κ2) is 6.40. The molecule has 0 radical (unpaired) electrons. The number of hydrogen-bond donors (Lipinski definition) is 1. The monoisotopic (exact) mass is 270 g/mol. The normalized spacial score (nSPS) is 16.3. The van der Waals surface area contributed by atoms with Gasteiger partial charge in [-0.25, -0.2) is 4.98 Å². The maximum absolute atomic E-state index is 11.8. The van der Waals surface area contributed by atoms with E-state index in [1.54, 1.807) is 11.8 Å². The first kappa shape index (κ1) is 12.9. The van der Waals surface area contributed by atoms with Gasteiger partial charge in [0.15, 0.2) is 5.13 Å². The molecule has 0 spiro atoms. The van der Waals surface area contributed by atoms with Gasteiger partial charge in [0, 0.05) is 17.6 Å². The molecule has 3 nitrogen and oxygen atoms in total. The van der Waals surface area contributed by atoms with E-state index in [2.05, 4.69) is 16.6 Å². The zero-order chi connectivity index (χ0) is 12.1. The van der Waals surface area contributed by atoms with Gasteiger partial charge in [0.1, 0.15) is 0 Å². The fourth-order valence-electron chi connectivity index (χ4n) is 2.23. The van der Waals surface area contributed by atoms with Crippen LogP contribution in [0, 0.1) is 5.92 Å². The van der Waals surface area contributed by atoms with Crippen molar-refractivity contribution < 1.29 is 4.79 Å². The Morgan fingerprint density at radius 3 is 3.06 bits per heavy atom. The molecule has 5 heteroatoms. The number of carbonyl (C=O) groups excluding carboxylic acids is 1. The fraction of sp³-hybridized carbons (Fsp3) is 0.667. The molecule has 0 aliphatic heterocycles. The maximum atomic E-state index is 11.8. The highest BCUT2D eigenvalue weighted by atomic mass is 32.2. The molecule has 0 saturated heterocycles. The number of hydrogen-bond acceptors (Lipinski definition) is 4. The van der Waals surface area contributed by atoms with Gasteiger partial charge in [-0.3, -0.25) is 4.79 Å². The van der Waals surface area contributed by atoms with Crippen molar-refractivity contribution in [2.45, 2.75) is 37.9 Å². The molecular weight excluding hydrogens is 252 g/mol. The molecule has 1 aromatic rings. The molecule has 1 amide bonds. The average molecular weight is 270 g/mol. The van der Waals surface area contributed by atoms with Crippen molar-refractivity contribution >= 4 is 34.1 Å². The van der Waals surface area contributed by atoms with Gasteiger partial charge in [0.25, 0.3) is 0 Å². The Hall–Kier alpha value is -0.550. The summed E-state index contributed by atoms with van der Waals surface area (Å²) >= 11 is 3.26. The van der Waals surface area contributed by atoms with Gasteiger partial charge in [-0.2, -0.15) is 11.8 Å². The van der Waals surface area contributed by atoms with Crippen LogP contribution in [0.2, 0.25) is 0 Å². The summed E-state index contributed by atoms with van der Waals surface area (Å²) in [6.07, 6.45) is 7.71. The van der Waals surface area contributed by atoms with E-state index in [0.29, 0.717) is 12.3 Å². The standard InChI is InChI=1S/C12H18N2OS2/c1-16-7-10-8-17-12(13-10)14-11(15)6-9-4-2-3-5-9/h8-9H,2-7H2,1H3,(H,13,14,15). The number of nitrogens with one attached hydrogen (secondary N) is 1. The topological polar surface area (TPSA) is 42.0 Å². The zero-order valence-corrected chi connectivity index (χ0v) is 11.7. The van der Waals surface area contributed by atoms with E-state index in [1.807, 2.05) is 5.38 Å². The van der Waals surface area contributed by atoms with Crippen LogP contribution in [-0.2, 0) is 10.5 Å². The third-order valence-electron chi connectivity index (χ3n) is 3.04. The van der Waals surface area contributed by atoms with Crippen LogP contribution in [0.15, 0.2) is 5.38 Å². The fourth-order valence-corrected chi connectivity index (χ4v) is 3.50. The van der Waals surface area contributed by atoms with Crippen LogP contribution >= 0.6 is 23.1 Å². The van der Waals surface area contributed by atoms with Crippen LogP contribution in [0.25, 0.3) is 0 Å². The molecule has 1 saturated carbocycles. The Kier molecular flexibility index (Phi) is 4.86. The van der Waals surface area contributed by atoms with Crippen LogP contribution in [0.4, 0.5) is 5.13 Å². The Labute approximate surface area is 110 Å². The zero-order valence-electron chi connectivity index (χ0n) is 10.1. The highest BCUT2D eigenvalue weighted by Gasteiger charge is 2.18. The van der Waals surface area contributed by atoms with Crippen LogP contribution < -0.4 is 5.32 Å². The van der Waals surface area contributed by atoms with Crippen molar-refractivity contribution in [3.05, 3.63) is 11.1 Å². The summed E-state index contributed by atoms with van der Waals surface area (Å²) in [4.78, 5) is 16.2. The van der Waals surface area contributed by atoms with Crippen molar-refractivity contribution in [3.63, 3.8) is 0 Å². The van der Waals surface area contributed by atoms with Gasteiger partial charge < -0.3 is 5.32 Å². The highest BCUT2D eigenvalue weighted by molar-refractivity contribution is 7.97. The lowest BCUT2D eigenvalue weighted by atomic mass is 10.0. The molecular formula is C12H18N2OS2. The molecule has 2 rings (SSSR count). The number of thioether (sulfide) groups is 1. The number of anilines is 1. The van der Waals surface area contributed by atoms with Gasteiger partial charge in [-0.1, -0.05) is 12.8 Å². The second-order valence-electron chi connectivity index (χ2n) is 4.48. The smallest absolute Gasteiger partial charge is 0.226 e. The molecule has 0 bridgehead atoms. The van der Waals surface area contributed by atoms with Gasteiger partial charge in [-0.15, -0.1) is 11.3 Å². The lowest BCUT2D eigenvalue weighted by Crippen LogP contribution is -2.14. The SMILES string of the molecule is CSCc1csc(NC(=O)CC2CCCC2)n1. The number of aromatic nitrogens is 1. The summed E-state index contributed by atoms with van der Waals surface area (Å²) < 4.78 is 0. The minimum atomic E-state index is 0.127. The molecule has 1 fully saturated rings. The van der Waals surface area contributed by atoms with Gasteiger partial charge in [-0.05, 0) is 25.0 Å². The van der Waals surface area contributed by atoms with Crippen LogP contribution in [0.1, 0.15) is 37.8 Å². The molecule has 1 N–H and O–H groups in total. The third kappa shape index (κ3) is 4.00. The van der Waals surface area contributed by atoms with Gasteiger partial charge >= 0.3 is 0 Å². The largest absolute Gasteiger partial charge is 0.302 e. The summed E-state index contributed by atoms with van der Waals surface area (Å²) in [5.74, 6) is 1.64. The van der Waals surface area contributed by atoms with Crippen molar-refractivity contribution in [2.24, 2.45) is 5.92 Å². The van der Waals surface area contributed by atoms with Gasteiger partial charge in [0.2, 0.25) is 5.91 Å². The van der Waals surface area contributed by atoms with E-state index in [0.717, 1.165) is 16.6 Å². The quantitative estimate of drug-likeness (QED) is 0.890. The number of carbonyl (C=O) groups is 1. The van der Waals surface area contributed by atoms with Crippen LogP contribution in [0.5, 0.6) is 0 Å². The minimum Gasteiger partial charge on any atom is -0.302 e. The maximum Gasteiger partial charge on any atom is 0.226 e. The van der Waals surface area contributed by atoms with Crippen molar-refractivity contribution in [2.75, 3.05) is 11.6 Å². The second-order valence-corrected chi connectivity index (χ2v) is 6.20. The number of nitrogens with zero attached hydrogens (tertiary/aromatic N) is 1. The predicted octanol–water partition coefficient (Wildman–Crippen LogP) is 3.52. The molecule has 1 aliphatic carbocycles. The Balaban J connectivity index is 1.80. The summed E-state index contributed by atoms with van der Waals surface area (Å²) in [6.45, 7) is 0. The third-order valence-corrected chi connectivity index (χ3v) is 4.43. The van der Waals surface area contributed by atoms with Crippen molar-refractivity contribution in [3.8, 4) is 0 Å². The summed E-state index contributed by atoms with van der Waals surface area (Å²) in [5.41, 5.74) is 1.05. The lowest BCUT2D eigenvalue weighted by Gasteiger charge is -2.07. The average Bonchev–Trinajstić information content (AvgIpc) is 2.91. The van der Waals surface area contributed by atoms with Crippen molar-refractivity contribution in [1.29, 1.82) is 0 Å². The number of thiazole rings is 1. The Bertz CT molecular complexity index is 372. The highest BCUT2D eigenvalue weighted by Crippen LogP contribution is 2.28. The molecule has 17 heavy (non-hydrogen) atoms. The molecule has 94 valence electrons. The number of amides is 1. The molecule has 0 unspecified atom stereocenters.